The molecule has 5 nitrogen and oxygen atoms in total. The highest BCUT2D eigenvalue weighted by Crippen LogP contribution is 2.36. The quantitative estimate of drug-likeness (QED) is 0.800. The van der Waals surface area contributed by atoms with E-state index in [-0.39, 0.29) is 0 Å². The molecule has 0 radical (unpaired) electrons. The van der Waals surface area contributed by atoms with E-state index in [1.807, 2.05) is 40.3 Å². The van der Waals surface area contributed by atoms with Gasteiger partial charge in [-0.3, -0.25) is 0 Å². The van der Waals surface area contributed by atoms with Gasteiger partial charge in [0.25, 0.3) is 0 Å². The van der Waals surface area contributed by atoms with Crippen LogP contribution in [0.1, 0.15) is 0 Å². The number of benzene rings is 1. The first-order valence-corrected chi connectivity index (χ1v) is 7.16. The van der Waals surface area contributed by atoms with Crippen LogP contribution in [0.25, 0.3) is 10.9 Å². The van der Waals surface area contributed by atoms with Crippen molar-refractivity contribution < 1.29 is 4.74 Å². The number of nitrogens with zero attached hydrogens (tertiary/aromatic N) is 3. The number of aryl methyl sites for hydroxylation is 1. The lowest BCUT2D eigenvalue weighted by atomic mass is 10.2. The Hall–Kier alpha value is -2.69. The van der Waals surface area contributed by atoms with Gasteiger partial charge in [0.1, 0.15) is 11.6 Å². The van der Waals surface area contributed by atoms with Gasteiger partial charge in [0.15, 0.2) is 5.75 Å². The van der Waals surface area contributed by atoms with E-state index in [4.69, 9.17) is 4.74 Å². The smallest absolute Gasteiger partial charge is 0.151 e. The molecular formula is C17H20N4O. The Labute approximate surface area is 130 Å². The maximum atomic E-state index is 6.10. The van der Waals surface area contributed by atoms with Crippen molar-refractivity contribution >= 4 is 22.4 Å². The molecule has 0 unspecified atom stereocenters. The van der Waals surface area contributed by atoms with Crippen molar-refractivity contribution in [3.05, 3.63) is 42.7 Å². The zero-order chi connectivity index (χ0) is 15.7. The molecule has 2 aromatic heterocycles. The van der Waals surface area contributed by atoms with Crippen LogP contribution in [-0.2, 0) is 7.05 Å². The molecule has 0 aliphatic rings. The highest BCUT2D eigenvalue weighted by atomic mass is 16.5. The first-order chi connectivity index (χ1) is 10.6. The van der Waals surface area contributed by atoms with E-state index < -0.39 is 0 Å². The molecule has 0 spiro atoms. The van der Waals surface area contributed by atoms with Crippen molar-refractivity contribution in [2.75, 3.05) is 31.4 Å². The van der Waals surface area contributed by atoms with E-state index >= 15 is 0 Å². The number of anilines is 2. The number of aromatic nitrogens is 2. The molecule has 5 heteroatoms. The van der Waals surface area contributed by atoms with E-state index in [0.717, 1.165) is 28.4 Å². The van der Waals surface area contributed by atoms with Crippen LogP contribution >= 0.6 is 0 Å². The number of hydrogen-bond acceptors (Lipinski definition) is 4. The average Bonchev–Trinajstić information content (AvgIpc) is 2.87. The van der Waals surface area contributed by atoms with E-state index in [9.17, 15) is 0 Å². The number of rotatable bonds is 4. The monoisotopic (exact) mass is 296 g/mol. The number of hydrogen-bond donors (Lipinski definition) is 1. The molecule has 0 fully saturated rings. The number of ether oxygens (including phenoxy) is 1. The Balaban J connectivity index is 2.06. The first kappa shape index (κ1) is 14.3. The summed E-state index contributed by atoms with van der Waals surface area (Å²) in [5, 5.41) is 4.18. The van der Waals surface area contributed by atoms with Crippen molar-refractivity contribution in [3.8, 4) is 11.5 Å². The summed E-state index contributed by atoms with van der Waals surface area (Å²) in [4.78, 5) is 6.26. The maximum Gasteiger partial charge on any atom is 0.151 e. The Morgan fingerprint density at radius 1 is 1.18 bits per heavy atom. The van der Waals surface area contributed by atoms with Crippen molar-refractivity contribution in [2.45, 2.75) is 0 Å². The minimum absolute atomic E-state index is 0.762. The molecule has 0 amide bonds. The molecule has 0 aliphatic carbocycles. The third-order valence-electron chi connectivity index (χ3n) is 3.66. The second kappa shape index (κ2) is 5.60. The van der Waals surface area contributed by atoms with Crippen LogP contribution in [0, 0.1) is 0 Å². The molecule has 0 saturated carbocycles. The second-order valence-corrected chi connectivity index (χ2v) is 5.43. The molecule has 114 valence electrons. The maximum absolute atomic E-state index is 6.10. The predicted octanol–water partition coefficient (Wildman–Crippen LogP) is 3.47. The van der Waals surface area contributed by atoms with Gasteiger partial charge >= 0.3 is 0 Å². The molecular weight excluding hydrogens is 276 g/mol. The van der Waals surface area contributed by atoms with Gasteiger partial charge in [-0.15, -0.1) is 0 Å². The van der Waals surface area contributed by atoms with Gasteiger partial charge in [-0.1, -0.05) is 0 Å². The lowest BCUT2D eigenvalue weighted by molar-refractivity contribution is 0.483. The van der Waals surface area contributed by atoms with E-state index in [1.54, 1.807) is 6.20 Å². The summed E-state index contributed by atoms with van der Waals surface area (Å²) in [6.07, 6.45) is 3.79. The van der Waals surface area contributed by atoms with Gasteiger partial charge < -0.3 is 19.5 Å². The molecule has 1 aromatic carbocycles. The molecule has 0 saturated heterocycles. The van der Waals surface area contributed by atoms with Crippen LogP contribution in [0.5, 0.6) is 11.5 Å². The third-order valence-corrected chi connectivity index (χ3v) is 3.66. The average molecular weight is 296 g/mol. The third kappa shape index (κ3) is 2.57. The molecule has 1 N–H and O–H groups in total. The summed E-state index contributed by atoms with van der Waals surface area (Å²) in [7, 11) is 7.92. The zero-order valence-electron chi connectivity index (χ0n) is 13.3. The summed E-state index contributed by atoms with van der Waals surface area (Å²) in [6.45, 7) is 0. The molecule has 3 aromatic rings. The van der Waals surface area contributed by atoms with Crippen molar-refractivity contribution in [3.63, 3.8) is 0 Å². The minimum atomic E-state index is 0.762. The predicted molar refractivity (Wildman–Crippen MR) is 91.1 cm³/mol. The van der Waals surface area contributed by atoms with Gasteiger partial charge in [0.2, 0.25) is 0 Å². The highest BCUT2D eigenvalue weighted by Gasteiger charge is 2.11. The number of nitrogens with one attached hydrogen (secondary N) is 1. The summed E-state index contributed by atoms with van der Waals surface area (Å²) < 4.78 is 8.21. The normalized spacial score (nSPS) is 10.7. The first-order valence-electron chi connectivity index (χ1n) is 7.16. The summed E-state index contributed by atoms with van der Waals surface area (Å²) in [5.74, 6) is 2.37. The van der Waals surface area contributed by atoms with Crippen molar-refractivity contribution in [1.29, 1.82) is 0 Å². The zero-order valence-corrected chi connectivity index (χ0v) is 13.3. The molecule has 3 rings (SSSR count). The van der Waals surface area contributed by atoms with E-state index in [0.29, 0.717) is 0 Å². The second-order valence-electron chi connectivity index (χ2n) is 5.43. The molecule has 22 heavy (non-hydrogen) atoms. The standard InChI is InChI=1S/C17H20N4O/c1-18-17-10-13(5-7-19-17)22-16-9-12-6-8-21(4)14(12)11-15(16)20(2)3/h5-11H,1-4H3,(H,18,19). The van der Waals surface area contributed by atoms with Gasteiger partial charge in [0, 0.05) is 52.0 Å². The van der Waals surface area contributed by atoms with Crippen LogP contribution in [0.4, 0.5) is 11.5 Å². The SMILES string of the molecule is CNc1cc(Oc2cc3ccn(C)c3cc2N(C)C)ccn1. The fraction of sp³-hybridized carbons (Fsp3) is 0.235. The molecule has 0 bridgehead atoms. The summed E-state index contributed by atoms with van der Waals surface area (Å²) >= 11 is 0. The summed E-state index contributed by atoms with van der Waals surface area (Å²) in [5.41, 5.74) is 2.22. The van der Waals surface area contributed by atoms with Gasteiger partial charge in [-0.05, 0) is 24.3 Å². The fourth-order valence-corrected chi connectivity index (χ4v) is 2.45. The lowest BCUT2D eigenvalue weighted by Crippen LogP contribution is -2.10. The number of fused-ring (bicyclic) bond motifs is 1. The van der Waals surface area contributed by atoms with Crippen molar-refractivity contribution in [1.82, 2.24) is 9.55 Å². The Morgan fingerprint density at radius 2 is 2.00 bits per heavy atom. The largest absolute Gasteiger partial charge is 0.455 e. The Kier molecular flexibility index (Phi) is 3.63. The Bertz CT molecular complexity index is 808. The fourth-order valence-electron chi connectivity index (χ4n) is 2.45. The molecule has 2 heterocycles. The van der Waals surface area contributed by atoms with E-state index in [2.05, 4.69) is 44.2 Å². The Morgan fingerprint density at radius 3 is 2.73 bits per heavy atom. The van der Waals surface area contributed by atoms with Crippen LogP contribution in [0.2, 0.25) is 0 Å². The van der Waals surface area contributed by atoms with Gasteiger partial charge in [0.05, 0.1) is 11.2 Å². The molecule has 0 aliphatic heterocycles. The molecule has 0 atom stereocenters. The van der Waals surface area contributed by atoms with Crippen molar-refractivity contribution in [2.24, 2.45) is 7.05 Å². The highest BCUT2D eigenvalue weighted by molar-refractivity contribution is 5.87. The van der Waals surface area contributed by atoms with Crippen LogP contribution in [-0.4, -0.2) is 30.7 Å². The topological polar surface area (TPSA) is 42.3 Å². The van der Waals surface area contributed by atoms with Crippen LogP contribution in [0.15, 0.2) is 42.7 Å². The van der Waals surface area contributed by atoms with Crippen LogP contribution in [0.3, 0.4) is 0 Å². The van der Waals surface area contributed by atoms with Gasteiger partial charge in [-0.2, -0.15) is 0 Å². The minimum Gasteiger partial charge on any atom is -0.455 e. The number of pyridine rings is 1. The van der Waals surface area contributed by atoms with E-state index in [1.165, 1.54) is 5.52 Å². The van der Waals surface area contributed by atoms with Gasteiger partial charge in [-0.25, -0.2) is 4.98 Å². The summed E-state index contributed by atoms with van der Waals surface area (Å²) in [6, 6.07) is 10.0. The van der Waals surface area contributed by atoms with Crippen LogP contribution < -0.4 is 15.0 Å². The lowest BCUT2D eigenvalue weighted by Gasteiger charge is -2.18.